The lowest BCUT2D eigenvalue weighted by molar-refractivity contribution is -0.142. The molecule has 0 aromatic rings. The van der Waals surface area contributed by atoms with Crippen LogP contribution in [0.4, 0.5) is 4.79 Å². The fourth-order valence-electron chi connectivity index (χ4n) is 1.63. The first-order valence-corrected chi connectivity index (χ1v) is 6.68. The molecule has 0 aromatic carbocycles. The third kappa shape index (κ3) is 8.34. The molecule has 0 rings (SSSR count). The Balaban J connectivity index is 3.96. The normalized spacial score (nSPS) is 11.8. The highest BCUT2D eigenvalue weighted by Gasteiger charge is 2.19. The Morgan fingerprint density at radius 3 is 2.20 bits per heavy atom. The van der Waals surface area contributed by atoms with E-state index in [4.69, 9.17) is 5.11 Å². The van der Waals surface area contributed by atoms with Crippen molar-refractivity contribution in [2.45, 2.75) is 26.7 Å². The Morgan fingerprint density at radius 2 is 1.75 bits per heavy atom. The maximum Gasteiger partial charge on any atom is 0.314 e. The van der Waals surface area contributed by atoms with Crippen molar-refractivity contribution in [3.63, 3.8) is 0 Å². The maximum absolute atomic E-state index is 11.5. The lowest BCUT2D eigenvalue weighted by Crippen LogP contribution is -2.41. The molecule has 0 aromatic heterocycles. The lowest BCUT2D eigenvalue weighted by atomic mass is 9.97. The molecule has 0 saturated heterocycles. The molecule has 7 nitrogen and oxygen atoms in total. The van der Waals surface area contributed by atoms with Gasteiger partial charge in [-0.1, -0.05) is 13.8 Å². The van der Waals surface area contributed by atoms with Gasteiger partial charge in [-0.15, -0.1) is 0 Å². The number of aliphatic carboxylic acids is 1. The average molecular weight is 287 g/mol. The Hall–Kier alpha value is -1.79. The molecule has 0 bridgehead atoms. The van der Waals surface area contributed by atoms with Crippen LogP contribution < -0.4 is 10.6 Å². The number of carboxylic acids is 1. The molecule has 0 spiro atoms. The van der Waals surface area contributed by atoms with Gasteiger partial charge >= 0.3 is 12.0 Å². The largest absolute Gasteiger partial charge is 0.481 e. The second-order valence-electron chi connectivity index (χ2n) is 5.34. The summed E-state index contributed by atoms with van der Waals surface area (Å²) >= 11 is 0. The standard InChI is InChI=1S/C13H25N3O4/c1-9(2)7-10(12(18)19)8-15-13(20)14-6-5-11(17)16(3)4/h9-10H,5-8H2,1-4H3,(H,18,19)(H2,14,15,20). The number of rotatable bonds is 8. The molecule has 1 atom stereocenters. The number of carbonyl (C=O) groups is 3. The summed E-state index contributed by atoms with van der Waals surface area (Å²) in [5, 5.41) is 14.1. The van der Waals surface area contributed by atoms with Crippen LogP contribution in [0.5, 0.6) is 0 Å². The van der Waals surface area contributed by atoms with Gasteiger partial charge < -0.3 is 20.6 Å². The smallest absolute Gasteiger partial charge is 0.314 e. The van der Waals surface area contributed by atoms with Crippen LogP contribution in [0.25, 0.3) is 0 Å². The molecule has 3 amide bonds. The number of carbonyl (C=O) groups excluding carboxylic acids is 2. The highest BCUT2D eigenvalue weighted by atomic mass is 16.4. The van der Waals surface area contributed by atoms with Gasteiger partial charge in [0.25, 0.3) is 0 Å². The predicted octanol–water partition coefficient (Wildman–Crippen LogP) is 0.511. The number of carboxylic acid groups (broad SMARTS) is 1. The van der Waals surface area contributed by atoms with Crippen molar-refractivity contribution in [2.75, 3.05) is 27.2 Å². The molecule has 0 heterocycles. The van der Waals surface area contributed by atoms with Crippen LogP contribution in [0.2, 0.25) is 0 Å². The molecule has 1 unspecified atom stereocenters. The third-order valence-electron chi connectivity index (χ3n) is 2.74. The molecule has 20 heavy (non-hydrogen) atoms. The number of amides is 3. The van der Waals surface area contributed by atoms with E-state index in [0.29, 0.717) is 6.42 Å². The fraction of sp³-hybridized carbons (Fsp3) is 0.769. The summed E-state index contributed by atoms with van der Waals surface area (Å²) in [6, 6.07) is -0.452. The summed E-state index contributed by atoms with van der Waals surface area (Å²) in [6.07, 6.45) is 0.726. The zero-order chi connectivity index (χ0) is 15.7. The second-order valence-corrected chi connectivity index (χ2v) is 5.34. The van der Waals surface area contributed by atoms with Gasteiger partial charge in [-0.3, -0.25) is 9.59 Å². The van der Waals surface area contributed by atoms with Crippen molar-refractivity contribution in [3.8, 4) is 0 Å². The van der Waals surface area contributed by atoms with Gasteiger partial charge in [0, 0.05) is 33.6 Å². The van der Waals surface area contributed by atoms with Crippen molar-refractivity contribution < 1.29 is 19.5 Å². The highest BCUT2D eigenvalue weighted by Crippen LogP contribution is 2.10. The van der Waals surface area contributed by atoms with Gasteiger partial charge in [-0.2, -0.15) is 0 Å². The highest BCUT2D eigenvalue weighted by molar-refractivity contribution is 5.78. The molecule has 7 heteroatoms. The monoisotopic (exact) mass is 287 g/mol. The van der Waals surface area contributed by atoms with Gasteiger partial charge in [-0.25, -0.2) is 4.79 Å². The van der Waals surface area contributed by atoms with Crippen LogP contribution in [-0.4, -0.2) is 55.1 Å². The zero-order valence-corrected chi connectivity index (χ0v) is 12.6. The molecule has 0 fully saturated rings. The van der Waals surface area contributed by atoms with E-state index < -0.39 is 17.9 Å². The molecular formula is C13H25N3O4. The first-order valence-electron chi connectivity index (χ1n) is 6.68. The Morgan fingerprint density at radius 1 is 1.15 bits per heavy atom. The van der Waals surface area contributed by atoms with E-state index in [9.17, 15) is 14.4 Å². The molecule has 3 N–H and O–H groups in total. The number of nitrogens with zero attached hydrogens (tertiary/aromatic N) is 1. The van der Waals surface area contributed by atoms with Crippen LogP contribution in [0.3, 0.4) is 0 Å². The van der Waals surface area contributed by atoms with Crippen LogP contribution in [-0.2, 0) is 9.59 Å². The summed E-state index contributed by atoms with van der Waals surface area (Å²) in [7, 11) is 3.29. The number of urea groups is 1. The van der Waals surface area contributed by atoms with Gasteiger partial charge in [0.1, 0.15) is 0 Å². The van der Waals surface area contributed by atoms with Gasteiger partial charge in [0.05, 0.1) is 5.92 Å². The minimum Gasteiger partial charge on any atom is -0.481 e. The SMILES string of the molecule is CC(C)CC(CNC(=O)NCCC(=O)N(C)C)C(=O)O. The van der Waals surface area contributed by atoms with E-state index in [1.54, 1.807) is 14.1 Å². The molecule has 0 aliphatic rings. The lowest BCUT2D eigenvalue weighted by Gasteiger charge is -2.16. The first kappa shape index (κ1) is 18.2. The Kier molecular flexibility index (Phi) is 8.35. The van der Waals surface area contributed by atoms with Crippen molar-refractivity contribution in [3.05, 3.63) is 0 Å². The van der Waals surface area contributed by atoms with Crippen LogP contribution in [0.1, 0.15) is 26.7 Å². The van der Waals surface area contributed by atoms with E-state index in [1.807, 2.05) is 13.8 Å². The summed E-state index contributed by atoms with van der Waals surface area (Å²) in [4.78, 5) is 35.2. The van der Waals surface area contributed by atoms with Gasteiger partial charge in [0.2, 0.25) is 5.91 Å². The average Bonchev–Trinajstić information content (AvgIpc) is 2.33. The van der Waals surface area contributed by atoms with Crippen LogP contribution in [0, 0.1) is 11.8 Å². The Bertz CT molecular complexity index is 343. The summed E-state index contributed by atoms with van der Waals surface area (Å²) in [5.41, 5.74) is 0. The van der Waals surface area contributed by atoms with E-state index in [2.05, 4.69) is 10.6 Å². The first-order chi connectivity index (χ1) is 9.23. The Labute approximate surface area is 119 Å². The van der Waals surface area contributed by atoms with Crippen molar-refractivity contribution in [1.82, 2.24) is 15.5 Å². The second kappa shape index (κ2) is 9.17. The van der Waals surface area contributed by atoms with Crippen molar-refractivity contribution in [2.24, 2.45) is 11.8 Å². The summed E-state index contributed by atoms with van der Waals surface area (Å²) in [5.74, 6) is -1.34. The van der Waals surface area contributed by atoms with Gasteiger partial charge in [-0.05, 0) is 12.3 Å². The number of hydrogen-bond acceptors (Lipinski definition) is 3. The van der Waals surface area contributed by atoms with Crippen molar-refractivity contribution >= 4 is 17.9 Å². The molecule has 0 saturated carbocycles. The molecule has 0 radical (unpaired) electrons. The molecule has 116 valence electrons. The topological polar surface area (TPSA) is 98.7 Å². The third-order valence-corrected chi connectivity index (χ3v) is 2.74. The number of hydrogen-bond donors (Lipinski definition) is 3. The van der Waals surface area contributed by atoms with E-state index in [0.717, 1.165) is 0 Å². The van der Waals surface area contributed by atoms with Crippen LogP contribution in [0.15, 0.2) is 0 Å². The summed E-state index contributed by atoms with van der Waals surface area (Å²) in [6.45, 7) is 4.18. The minimum atomic E-state index is -0.915. The van der Waals surface area contributed by atoms with E-state index in [1.165, 1.54) is 4.90 Å². The summed E-state index contributed by atoms with van der Waals surface area (Å²) < 4.78 is 0. The fourth-order valence-corrected chi connectivity index (χ4v) is 1.63. The van der Waals surface area contributed by atoms with Gasteiger partial charge in [0.15, 0.2) is 0 Å². The predicted molar refractivity (Wildman–Crippen MR) is 75.3 cm³/mol. The quantitative estimate of drug-likeness (QED) is 0.605. The molecule has 0 aliphatic heterocycles. The molecular weight excluding hydrogens is 262 g/mol. The number of nitrogens with one attached hydrogen (secondary N) is 2. The molecule has 0 aliphatic carbocycles. The van der Waals surface area contributed by atoms with Crippen molar-refractivity contribution in [1.29, 1.82) is 0 Å². The minimum absolute atomic E-state index is 0.0754. The van der Waals surface area contributed by atoms with E-state index >= 15 is 0 Å². The zero-order valence-electron chi connectivity index (χ0n) is 12.6. The van der Waals surface area contributed by atoms with E-state index in [-0.39, 0.29) is 31.3 Å². The maximum atomic E-state index is 11.5. The van der Waals surface area contributed by atoms with Crippen LogP contribution >= 0.6 is 0 Å².